The van der Waals surface area contributed by atoms with Gasteiger partial charge in [0.25, 0.3) is 5.69 Å². The second-order valence-electron chi connectivity index (χ2n) is 6.89. The van der Waals surface area contributed by atoms with Crippen molar-refractivity contribution in [3.63, 3.8) is 0 Å². The van der Waals surface area contributed by atoms with Crippen molar-refractivity contribution in [1.29, 1.82) is 0 Å². The SMILES string of the molecule is O=[N+]([O-])c1ccc(NC(=S)NC[C@@H](c2ccccc2)c2c[nH]c3ccccc23)cc1. The van der Waals surface area contributed by atoms with Gasteiger partial charge in [0.15, 0.2) is 5.11 Å². The molecule has 0 unspecified atom stereocenters. The lowest BCUT2D eigenvalue weighted by molar-refractivity contribution is -0.384. The van der Waals surface area contributed by atoms with E-state index < -0.39 is 4.92 Å². The molecule has 0 saturated heterocycles. The first-order valence-corrected chi connectivity index (χ1v) is 9.93. The van der Waals surface area contributed by atoms with E-state index in [1.54, 1.807) is 12.1 Å². The number of nitrogens with zero attached hydrogens (tertiary/aromatic N) is 1. The topological polar surface area (TPSA) is 83.0 Å². The van der Waals surface area contributed by atoms with E-state index in [9.17, 15) is 10.1 Å². The zero-order valence-corrected chi connectivity index (χ0v) is 16.9. The first-order valence-electron chi connectivity index (χ1n) is 9.52. The van der Waals surface area contributed by atoms with Crippen LogP contribution in [-0.4, -0.2) is 21.6 Å². The van der Waals surface area contributed by atoms with E-state index in [0.717, 1.165) is 5.52 Å². The summed E-state index contributed by atoms with van der Waals surface area (Å²) in [5.41, 5.74) is 4.22. The van der Waals surface area contributed by atoms with Crippen LogP contribution in [0.5, 0.6) is 0 Å². The summed E-state index contributed by atoms with van der Waals surface area (Å²) in [6.45, 7) is 0.602. The summed E-state index contributed by atoms with van der Waals surface area (Å²) in [7, 11) is 0. The highest BCUT2D eigenvalue weighted by Crippen LogP contribution is 2.30. The van der Waals surface area contributed by atoms with Crippen molar-refractivity contribution >= 4 is 39.6 Å². The highest BCUT2D eigenvalue weighted by Gasteiger charge is 2.18. The molecule has 0 fully saturated rings. The highest BCUT2D eigenvalue weighted by atomic mass is 32.1. The number of thiocarbonyl (C=S) groups is 1. The van der Waals surface area contributed by atoms with Gasteiger partial charge < -0.3 is 15.6 Å². The molecule has 7 heteroatoms. The van der Waals surface area contributed by atoms with Gasteiger partial charge in [-0.15, -0.1) is 0 Å². The molecule has 3 N–H and O–H groups in total. The van der Waals surface area contributed by atoms with Crippen LogP contribution in [0, 0.1) is 10.1 Å². The Morgan fingerprint density at radius 2 is 1.70 bits per heavy atom. The number of benzene rings is 3. The first-order chi connectivity index (χ1) is 14.6. The average molecular weight is 417 g/mol. The Bertz CT molecular complexity index is 1170. The summed E-state index contributed by atoms with van der Waals surface area (Å²) < 4.78 is 0. The Hall–Kier alpha value is -3.71. The molecular formula is C23H20N4O2S. The average Bonchev–Trinajstić information content (AvgIpc) is 3.19. The van der Waals surface area contributed by atoms with Crippen molar-refractivity contribution in [3.05, 3.63) is 106 Å². The summed E-state index contributed by atoms with van der Waals surface area (Å²) in [5, 5.41) is 18.8. The predicted octanol–water partition coefficient (Wildman–Crippen LogP) is 5.19. The molecule has 1 atom stereocenters. The van der Waals surface area contributed by atoms with E-state index in [2.05, 4.69) is 46.1 Å². The standard InChI is InChI=1S/C23H20N4O2S/c28-27(29)18-12-10-17(11-13-18)26-23(30)25-14-20(16-6-2-1-3-7-16)21-15-24-22-9-5-4-8-19(21)22/h1-13,15,20,24H,14H2,(H2,25,26,30)/t20-/m0/s1. The fourth-order valence-corrected chi connectivity index (χ4v) is 3.71. The molecule has 3 aromatic carbocycles. The maximum atomic E-state index is 10.8. The summed E-state index contributed by atoms with van der Waals surface area (Å²) in [6.07, 6.45) is 2.05. The lowest BCUT2D eigenvalue weighted by Gasteiger charge is -2.19. The highest BCUT2D eigenvalue weighted by molar-refractivity contribution is 7.80. The molecule has 0 bridgehead atoms. The molecule has 150 valence electrons. The van der Waals surface area contributed by atoms with Crippen molar-refractivity contribution in [2.45, 2.75) is 5.92 Å². The maximum Gasteiger partial charge on any atom is 0.269 e. The third kappa shape index (κ3) is 4.31. The normalized spacial score (nSPS) is 11.7. The summed E-state index contributed by atoms with van der Waals surface area (Å²) in [5.74, 6) is 0.0963. The number of fused-ring (bicyclic) bond motifs is 1. The molecule has 4 aromatic rings. The minimum absolute atomic E-state index is 0.0444. The molecule has 6 nitrogen and oxygen atoms in total. The molecule has 0 spiro atoms. The molecule has 1 heterocycles. The Kier molecular flexibility index (Phi) is 5.72. The van der Waals surface area contributed by atoms with Crippen molar-refractivity contribution in [2.75, 3.05) is 11.9 Å². The van der Waals surface area contributed by atoms with Crippen LogP contribution < -0.4 is 10.6 Å². The van der Waals surface area contributed by atoms with Crippen LogP contribution in [0.4, 0.5) is 11.4 Å². The second-order valence-corrected chi connectivity index (χ2v) is 7.30. The number of nitro benzene ring substituents is 1. The third-order valence-electron chi connectivity index (χ3n) is 5.00. The van der Waals surface area contributed by atoms with Gasteiger partial charge in [0.05, 0.1) is 4.92 Å². The number of rotatable bonds is 6. The zero-order chi connectivity index (χ0) is 20.9. The van der Waals surface area contributed by atoms with Gasteiger partial charge in [-0.2, -0.15) is 0 Å². The summed E-state index contributed by atoms with van der Waals surface area (Å²) in [4.78, 5) is 13.7. The van der Waals surface area contributed by atoms with Crippen LogP contribution in [0.3, 0.4) is 0 Å². The lowest BCUT2D eigenvalue weighted by atomic mass is 9.91. The number of para-hydroxylation sites is 1. The van der Waals surface area contributed by atoms with Crippen LogP contribution in [0.2, 0.25) is 0 Å². The number of anilines is 1. The summed E-state index contributed by atoms with van der Waals surface area (Å²) >= 11 is 5.45. The van der Waals surface area contributed by atoms with Gasteiger partial charge in [-0.1, -0.05) is 48.5 Å². The molecule has 0 aliphatic heterocycles. The number of hydrogen-bond donors (Lipinski definition) is 3. The van der Waals surface area contributed by atoms with Gasteiger partial charge in [0.2, 0.25) is 0 Å². The van der Waals surface area contributed by atoms with E-state index in [-0.39, 0.29) is 11.6 Å². The van der Waals surface area contributed by atoms with Crippen LogP contribution in [0.25, 0.3) is 10.9 Å². The Balaban J connectivity index is 1.51. The Labute approximate surface area is 179 Å². The number of nitrogens with one attached hydrogen (secondary N) is 3. The zero-order valence-electron chi connectivity index (χ0n) is 16.0. The van der Waals surface area contributed by atoms with Gasteiger partial charge in [0, 0.05) is 47.4 Å². The van der Waals surface area contributed by atoms with Crippen LogP contribution >= 0.6 is 12.2 Å². The van der Waals surface area contributed by atoms with Crippen molar-refractivity contribution in [1.82, 2.24) is 10.3 Å². The van der Waals surface area contributed by atoms with Crippen LogP contribution in [0.1, 0.15) is 17.0 Å². The minimum Gasteiger partial charge on any atom is -0.361 e. The fourth-order valence-electron chi connectivity index (χ4n) is 3.51. The van der Waals surface area contributed by atoms with Crippen LogP contribution in [0.15, 0.2) is 85.1 Å². The monoisotopic (exact) mass is 416 g/mol. The molecule has 4 rings (SSSR count). The smallest absolute Gasteiger partial charge is 0.269 e. The number of aromatic amines is 1. The molecule has 30 heavy (non-hydrogen) atoms. The first kappa shape index (κ1) is 19.6. The lowest BCUT2D eigenvalue weighted by Crippen LogP contribution is -2.32. The second kappa shape index (κ2) is 8.75. The molecule has 0 aliphatic rings. The maximum absolute atomic E-state index is 10.8. The molecule has 0 saturated carbocycles. The number of hydrogen-bond acceptors (Lipinski definition) is 3. The molecular weight excluding hydrogens is 396 g/mol. The molecule has 0 amide bonds. The Morgan fingerprint density at radius 3 is 2.43 bits per heavy atom. The number of aromatic nitrogens is 1. The van der Waals surface area contributed by atoms with Gasteiger partial charge in [0.1, 0.15) is 0 Å². The van der Waals surface area contributed by atoms with Crippen molar-refractivity contribution in [3.8, 4) is 0 Å². The van der Waals surface area contributed by atoms with E-state index in [1.165, 1.54) is 28.6 Å². The van der Waals surface area contributed by atoms with E-state index >= 15 is 0 Å². The van der Waals surface area contributed by atoms with Gasteiger partial charge in [-0.25, -0.2) is 0 Å². The molecule has 0 aliphatic carbocycles. The van der Waals surface area contributed by atoms with E-state index in [1.807, 2.05) is 30.3 Å². The number of non-ortho nitro benzene ring substituents is 1. The van der Waals surface area contributed by atoms with Crippen LogP contribution in [-0.2, 0) is 0 Å². The fraction of sp³-hybridized carbons (Fsp3) is 0.0870. The van der Waals surface area contributed by atoms with E-state index in [4.69, 9.17) is 12.2 Å². The minimum atomic E-state index is -0.425. The van der Waals surface area contributed by atoms with Crippen molar-refractivity contribution in [2.24, 2.45) is 0 Å². The molecule has 1 aromatic heterocycles. The largest absolute Gasteiger partial charge is 0.361 e. The van der Waals surface area contributed by atoms with Crippen molar-refractivity contribution < 1.29 is 4.92 Å². The van der Waals surface area contributed by atoms with E-state index in [0.29, 0.717) is 17.3 Å². The third-order valence-corrected chi connectivity index (χ3v) is 5.25. The Morgan fingerprint density at radius 1 is 1.00 bits per heavy atom. The number of nitro groups is 1. The van der Waals surface area contributed by atoms with Gasteiger partial charge in [-0.05, 0) is 41.5 Å². The number of H-pyrrole nitrogens is 1. The molecule has 0 radical (unpaired) electrons. The van der Waals surface area contributed by atoms with Gasteiger partial charge in [-0.3, -0.25) is 10.1 Å². The predicted molar refractivity (Wildman–Crippen MR) is 124 cm³/mol. The summed E-state index contributed by atoms with van der Waals surface area (Å²) in [6, 6.07) is 24.7. The van der Waals surface area contributed by atoms with Gasteiger partial charge >= 0.3 is 0 Å². The quantitative estimate of drug-likeness (QED) is 0.229.